The van der Waals surface area contributed by atoms with Crippen LogP contribution in [0.3, 0.4) is 0 Å². The number of rotatable bonds is 2. The summed E-state index contributed by atoms with van der Waals surface area (Å²) in [7, 11) is 0. The SMILES string of the molecule is C#CCOc1ccc2c(=O)c3cc4[nH]c5ccccc5c(=O)c4cc3[nH]c2c1. The first-order chi connectivity index (χ1) is 13.7. The number of H-pyrrole nitrogens is 2. The molecule has 0 bridgehead atoms. The van der Waals surface area contributed by atoms with Gasteiger partial charge in [-0.1, -0.05) is 18.1 Å². The molecule has 0 atom stereocenters. The first-order valence-corrected chi connectivity index (χ1v) is 8.76. The minimum Gasteiger partial charge on any atom is -0.481 e. The van der Waals surface area contributed by atoms with Gasteiger partial charge in [0.15, 0.2) is 10.9 Å². The van der Waals surface area contributed by atoms with Gasteiger partial charge in [-0.05, 0) is 36.4 Å². The molecule has 0 amide bonds. The van der Waals surface area contributed by atoms with Crippen LogP contribution in [0, 0.1) is 12.3 Å². The van der Waals surface area contributed by atoms with Gasteiger partial charge in [0.1, 0.15) is 12.4 Å². The Morgan fingerprint density at radius 1 is 0.750 bits per heavy atom. The first-order valence-electron chi connectivity index (χ1n) is 8.76. The van der Waals surface area contributed by atoms with Gasteiger partial charge in [0.2, 0.25) is 0 Å². The fraction of sp³-hybridized carbons (Fsp3) is 0.0435. The van der Waals surface area contributed by atoms with E-state index in [-0.39, 0.29) is 17.5 Å². The molecule has 0 saturated heterocycles. The lowest BCUT2D eigenvalue weighted by molar-refractivity contribution is 0.371. The summed E-state index contributed by atoms with van der Waals surface area (Å²) in [5.74, 6) is 2.99. The average Bonchev–Trinajstić information content (AvgIpc) is 2.72. The number of terminal acetylenes is 1. The highest BCUT2D eigenvalue weighted by molar-refractivity contribution is 6.02. The van der Waals surface area contributed by atoms with E-state index in [2.05, 4.69) is 15.9 Å². The van der Waals surface area contributed by atoms with Crippen molar-refractivity contribution in [3.8, 4) is 18.1 Å². The summed E-state index contributed by atoms with van der Waals surface area (Å²) in [6.45, 7) is 0.149. The molecular weight excluding hydrogens is 352 g/mol. The van der Waals surface area contributed by atoms with Gasteiger partial charge in [-0.3, -0.25) is 9.59 Å². The molecule has 0 unspecified atom stereocenters. The second kappa shape index (κ2) is 6.00. The minimum absolute atomic E-state index is 0.0710. The molecule has 28 heavy (non-hydrogen) atoms. The van der Waals surface area contributed by atoms with Crippen molar-refractivity contribution >= 4 is 43.6 Å². The van der Waals surface area contributed by atoms with Crippen LogP contribution >= 0.6 is 0 Å². The number of hydrogen-bond acceptors (Lipinski definition) is 3. The van der Waals surface area contributed by atoms with Crippen LogP contribution in [0.4, 0.5) is 0 Å². The molecule has 2 aromatic heterocycles. The van der Waals surface area contributed by atoms with Gasteiger partial charge in [0, 0.05) is 33.1 Å². The molecule has 5 rings (SSSR count). The van der Waals surface area contributed by atoms with Gasteiger partial charge in [-0.2, -0.15) is 0 Å². The molecule has 5 nitrogen and oxygen atoms in total. The highest BCUT2D eigenvalue weighted by Gasteiger charge is 2.11. The van der Waals surface area contributed by atoms with Gasteiger partial charge < -0.3 is 14.7 Å². The average molecular weight is 366 g/mol. The minimum atomic E-state index is -0.108. The summed E-state index contributed by atoms with van der Waals surface area (Å²) >= 11 is 0. The lowest BCUT2D eigenvalue weighted by atomic mass is 10.1. The lowest BCUT2D eigenvalue weighted by Crippen LogP contribution is -2.08. The molecule has 134 valence electrons. The Balaban J connectivity index is 1.86. The van der Waals surface area contributed by atoms with Crippen molar-refractivity contribution in [1.29, 1.82) is 0 Å². The maximum Gasteiger partial charge on any atom is 0.197 e. The highest BCUT2D eigenvalue weighted by atomic mass is 16.5. The van der Waals surface area contributed by atoms with E-state index in [1.165, 1.54) is 0 Å². The van der Waals surface area contributed by atoms with Gasteiger partial charge in [0.25, 0.3) is 0 Å². The van der Waals surface area contributed by atoms with E-state index < -0.39 is 0 Å². The second-order valence-electron chi connectivity index (χ2n) is 6.60. The van der Waals surface area contributed by atoms with E-state index in [0.29, 0.717) is 43.8 Å². The summed E-state index contributed by atoms with van der Waals surface area (Å²) in [6.07, 6.45) is 5.23. The van der Waals surface area contributed by atoms with Gasteiger partial charge in [0.05, 0.1) is 16.6 Å². The van der Waals surface area contributed by atoms with Crippen molar-refractivity contribution in [2.24, 2.45) is 0 Å². The predicted molar refractivity (Wildman–Crippen MR) is 112 cm³/mol. The van der Waals surface area contributed by atoms with Crippen LogP contribution < -0.4 is 15.6 Å². The van der Waals surface area contributed by atoms with Gasteiger partial charge in [-0.15, -0.1) is 6.42 Å². The Bertz CT molecular complexity index is 1570. The summed E-state index contributed by atoms with van der Waals surface area (Å²) in [5, 5.41) is 2.20. The fourth-order valence-corrected chi connectivity index (χ4v) is 3.59. The Morgan fingerprint density at radius 2 is 1.36 bits per heavy atom. The molecule has 0 radical (unpaired) electrons. The number of hydrogen-bond donors (Lipinski definition) is 2. The van der Waals surface area contributed by atoms with E-state index in [1.807, 2.05) is 18.2 Å². The van der Waals surface area contributed by atoms with Crippen molar-refractivity contribution in [3.05, 3.63) is 75.0 Å². The number of fused-ring (bicyclic) bond motifs is 4. The molecular formula is C23H14N2O3. The number of aromatic amines is 2. The second-order valence-corrected chi connectivity index (χ2v) is 6.60. The van der Waals surface area contributed by atoms with Gasteiger partial charge in [-0.25, -0.2) is 0 Å². The number of pyridine rings is 2. The molecule has 2 N–H and O–H groups in total. The smallest absolute Gasteiger partial charge is 0.197 e. The van der Waals surface area contributed by atoms with Crippen LogP contribution in [0.25, 0.3) is 43.6 Å². The van der Waals surface area contributed by atoms with Crippen LogP contribution in [0.1, 0.15) is 0 Å². The molecule has 2 heterocycles. The fourth-order valence-electron chi connectivity index (χ4n) is 3.59. The van der Waals surface area contributed by atoms with Crippen molar-refractivity contribution < 1.29 is 4.74 Å². The van der Waals surface area contributed by atoms with Crippen LogP contribution in [0.2, 0.25) is 0 Å². The van der Waals surface area contributed by atoms with Crippen LogP contribution in [-0.4, -0.2) is 16.6 Å². The molecule has 0 aliphatic rings. The maximum absolute atomic E-state index is 13.0. The summed E-state index contributed by atoms with van der Waals surface area (Å²) in [6, 6.07) is 16.0. The van der Waals surface area contributed by atoms with E-state index >= 15 is 0 Å². The van der Waals surface area contributed by atoms with Crippen molar-refractivity contribution in [2.75, 3.05) is 6.61 Å². The zero-order valence-electron chi connectivity index (χ0n) is 14.7. The summed E-state index contributed by atoms with van der Waals surface area (Å²) < 4.78 is 5.44. The summed E-state index contributed by atoms with van der Waals surface area (Å²) in [4.78, 5) is 32.4. The van der Waals surface area contributed by atoms with Crippen molar-refractivity contribution in [1.82, 2.24) is 9.97 Å². The third kappa shape index (κ3) is 2.36. The standard InChI is InChI=1S/C23H14N2O3/c1-2-9-28-13-7-8-15-19(10-13)25-21-12-16-20(11-17(21)23(15)27)24-18-6-4-3-5-14(18)22(16)26/h1,3-8,10-12H,9H2,(H,24,26)(H,25,27). The van der Waals surface area contributed by atoms with Crippen LogP contribution in [-0.2, 0) is 0 Å². The number of aromatic nitrogens is 2. The Kier molecular flexibility index (Phi) is 3.46. The molecule has 0 saturated carbocycles. The van der Waals surface area contributed by atoms with Crippen LogP contribution in [0.5, 0.6) is 5.75 Å². The summed E-state index contributed by atoms with van der Waals surface area (Å²) in [5.41, 5.74) is 2.42. The zero-order valence-corrected chi connectivity index (χ0v) is 14.7. The first kappa shape index (κ1) is 16.2. The number of ether oxygens (including phenoxy) is 1. The Hall–Kier alpha value is -4.04. The molecule has 0 aliphatic carbocycles. The van der Waals surface area contributed by atoms with E-state index in [4.69, 9.17) is 11.2 Å². The highest BCUT2D eigenvalue weighted by Crippen LogP contribution is 2.23. The molecule has 0 aliphatic heterocycles. The zero-order chi connectivity index (χ0) is 19.3. The van der Waals surface area contributed by atoms with Crippen LogP contribution in [0.15, 0.2) is 64.2 Å². The van der Waals surface area contributed by atoms with E-state index in [1.54, 1.807) is 36.4 Å². The third-order valence-electron chi connectivity index (χ3n) is 4.92. The molecule has 3 aromatic carbocycles. The third-order valence-corrected chi connectivity index (χ3v) is 4.92. The molecule has 0 fully saturated rings. The quantitative estimate of drug-likeness (QED) is 0.370. The molecule has 5 aromatic rings. The topological polar surface area (TPSA) is 75.0 Å². The maximum atomic E-state index is 13.0. The van der Waals surface area contributed by atoms with Crippen molar-refractivity contribution in [2.45, 2.75) is 0 Å². The van der Waals surface area contributed by atoms with Crippen molar-refractivity contribution in [3.63, 3.8) is 0 Å². The lowest BCUT2D eigenvalue weighted by Gasteiger charge is -2.08. The Labute approximate surface area is 158 Å². The number of para-hydroxylation sites is 1. The normalized spacial score (nSPS) is 11.2. The number of nitrogens with one attached hydrogen (secondary N) is 2. The number of benzene rings is 3. The predicted octanol–water partition coefficient (Wildman–Crippen LogP) is 3.69. The van der Waals surface area contributed by atoms with Gasteiger partial charge >= 0.3 is 0 Å². The monoisotopic (exact) mass is 366 g/mol. The largest absolute Gasteiger partial charge is 0.481 e. The van der Waals surface area contributed by atoms with E-state index in [0.717, 1.165) is 5.52 Å². The Morgan fingerprint density at radius 3 is 2.07 bits per heavy atom. The molecule has 5 heteroatoms. The van der Waals surface area contributed by atoms with E-state index in [9.17, 15) is 9.59 Å². The molecule has 0 spiro atoms.